The molecule has 7 heteroatoms. The number of aryl methyl sites for hydroxylation is 1. The second kappa shape index (κ2) is 4.02. The first kappa shape index (κ1) is 11.1. The zero-order valence-corrected chi connectivity index (χ0v) is 10.6. The predicted molar refractivity (Wildman–Crippen MR) is 66.3 cm³/mol. The van der Waals surface area contributed by atoms with Gasteiger partial charge >= 0.3 is 0 Å². The van der Waals surface area contributed by atoms with Crippen LogP contribution in [0.4, 0.5) is 5.82 Å². The summed E-state index contributed by atoms with van der Waals surface area (Å²) < 4.78 is 2.03. The van der Waals surface area contributed by atoms with Crippen molar-refractivity contribution in [3.63, 3.8) is 0 Å². The molecule has 18 heavy (non-hydrogen) atoms. The van der Waals surface area contributed by atoms with E-state index in [0.717, 1.165) is 29.6 Å². The Kier molecular flexibility index (Phi) is 2.48. The minimum absolute atomic E-state index is 0.124. The molecule has 3 heterocycles. The fraction of sp³-hybridized carbons (Fsp3) is 0.455. The van der Waals surface area contributed by atoms with Crippen LogP contribution in [0.5, 0.6) is 0 Å². The molecule has 1 aliphatic rings. The van der Waals surface area contributed by atoms with E-state index >= 15 is 0 Å². The van der Waals surface area contributed by atoms with Crippen LogP contribution in [0.15, 0.2) is 12.5 Å². The van der Waals surface area contributed by atoms with Crippen molar-refractivity contribution in [1.29, 1.82) is 0 Å². The van der Waals surface area contributed by atoms with E-state index in [0.29, 0.717) is 0 Å². The van der Waals surface area contributed by atoms with Crippen molar-refractivity contribution in [1.82, 2.24) is 30.2 Å². The quantitative estimate of drug-likeness (QED) is 0.842. The molecule has 0 saturated carbocycles. The summed E-state index contributed by atoms with van der Waals surface area (Å²) in [5, 5.41) is 10.5. The normalized spacial score (nSPS) is 17.5. The summed E-state index contributed by atoms with van der Waals surface area (Å²) in [5.41, 5.74) is 4.08. The van der Waals surface area contributed by atoms with Crippen LogP contribution >= 0.6 is 0 Å². The topological polar surface area (TPSA) is 71.8 Å². The van der Waals surface area contributed by atoms with Crippen molar-refractivity contribution < 1.29 is 0 Å². The molecule has 1 aliphatic heterocycles. The van der Waals surface area contributed by atoms with E-state index in [1.807, 2.05) is 23.5 Å². The lowest BCUT2D eigenvalue weighted by Crippen LogP contribution is -2.43. The first-order chi connectivity index (χ1) is 8.77. The molecule has 0 saturated heterocycles. The molecule has 1 N–H and O–H groups in total. The maximum absolute atomic E-state index is 4.37. The van der Waals surface area contributed by atoms with Crippen molar-refractivity contribution in [3.05, 3.63) is 24.2 Å². The summed E-state index contributed by atoms with van der Waals surface area (Å²) in [6.45, 7) is 4.06. The molecular formula is C11H15N7. The third-order valence-corrected chi connectivity index (χ3v) is 3.23. The summed E-state index contributed by atoms with van der Waals surface area (Å²) >= 11 is 0. The second-order valence-electron chi connectivity index (χ2n) is 4.19. The van der Waals surface area contributed by atoms with Gasteiger partial charge in [-0.3, -0.25) is 9.58 Å². The lowest BCUT2D eigenvalue weighted by Gasteiger charge is -2.35. The van der Waals surface area contributed by atoms with Crippen LogP contribution in [-0.4, -0.2) is 31.8 Å². The molecule has 1 atom stereocenters. The standard InChI is InChI=1S/C11H15N7/c1-4-8-11-16-15-7(2)17(11)9-5-13-6-14-10(9)18(8)12-3/h5-6,8,12H,4H2,1-3H3. The monoisotopic (exact) mass is 245 g/mol. The van der Waals surface area contributed by atoms with Crippen LogP contribution in [0.1, 0.15) is 31.0 Å². The first-order valence-electron chi connectivity index (χ1n) is 5.96. The first-order valence-corrected chi connectivity index (χ1v) is 5.96. The second-order valence-corrected chi connectivity index (χ2v) is 4.19. The van der Waals surface area contributed by atoms with Gasteiger partial charge in [0.2, 0.25) is 0 Å². The Bertz CT molecular complexity index is 577. The molecule has 3 rings (SSSR count). The number of hydrogen-bond donors (Lipinski definition) is 1. The van der Waals surface area contributed by atoms with Gasteiger partial charge in [-0.15, -0.1) is 10.2 Å². The van der Waals surface area contributed by atoms with E-state index in [9.17, 15) is 0 Å². The van der Waals surface area contributed by atoms with Gasteiger partial charge in [0.1, 0.15) is 23.9 Å². The average molecular weight is 245 g/mol. The minimum atomic E-state index is 0.124. The maximum Gasteiger partial charge on any atom is 0.171 e. The molecule has 0 amide bonds. The number of nitrogens with one attached hydrogen (secondary N) is 1. The Morgan fingerprint density at radius 3 is 2.94 bits per heavy atom. The average Bonchev–Trinajstić information content (AvgIpc) is 2.79. The molecule has 2 aromatic heterocycles. The molecule has 94 valence electrons. The highest BCUT2D eigenvalue weighted by Crippen LogP contribution is 2.36. The van der Waals surface area contributed by atoms with Crippen molar-refractivity contribution in [2.75, 3.05) is 12.1 Å². The Balaban J connectivity index is 2.29. The van der Waals surface area contributed by atoms with Gasteiger partial charge < -0.3 is 0 Å². The Morgan fingerprint density at radius 1 is 1.39 bits per heavy atom. The van der Waals surface area contributed by atoms with Crippen LogP contribution in [0, 0.1) is 6.92 Å². The highest BCUT2D eigenvalue weighted by molar-refractivity contribution is 5.60. The van der Waals surface area contributed by atoms with E-state index in [1.165, 1.54) is 0 Å². The van der Waals surface area contributed by atoms with E-state index < -0.39 is 0 Å². The van der Waals surface area contributed by atoms with Crippen molar-refractivity contribution in [3.8, 4) is 5.69 Å². The molecular weight excluding hydrogens is 230 g/mol. The number of hydrogen-bond acceptors (Lipinski definition) is 6. The third-order valence-electron chi connectivity index (χ3n) is 3.23. The third kappa shape index (κ3) is 1.34. The van der Waals surface area contributed by atoms with Crippen LogP contribution in [0.25, 0.3) is 5.69 Å². The number of fused-ring (bicyclic) bond motifs is 3. The van der Waals surface area contributed by atoms with Gasteiger partial charge in [-0.25, -0.2) is 15.4 Å². The Labute approximate surface area is 105 Å². The lowest BCUT2D eigenvalue weighted by molar-refractivity contribution is 0.495. The SMILES string of the molecule is CCC1c2nnc(C)n2-c2cncnc2N1NC. The molecule has 2 aromatic rings. The van der Waals surface area contributed by atoms with Crippen LogP contribution in [-0.2, 0) is 0 Å². The maximum atomic E-state index is 4.37. The zero-order valence-electron chi connectivity index (χ0n) is 10.6. The molecule has 1 unspecified atom stereocenters. The molecule has 0 aromatic carbocycles. The fourth-order valence-corrected chi connectivity index (χ4v) is 2.44. The van der Waals surface area contributed by atoms with Crippen LogP contribution in [0.3, 0.4) is 0 Å². The van der Waals surface area contributed by atoms with Gasteiger partial charge in [-0.1, -0.05) is 6.92 Å². The van der Waals surface area contributed by atoms with Gasteiger partial charge in [0.25, 0.3) is 0 Å². The van der Waals surface area contributed by atoms with E-state index in [1.54, 1.807) is 12.5 Å². The molecule has 0 bridgehead atoms. The molecule has 0 aliphatic carbocycles. The Hall–Kier alpha value is -2.02. The van der Waals surface area contributed by atoms with Gasteiger partial charge in [-0.2, -0.15) is 0 Å². The van der Waals surface area contributed by atoms with Crippen molar-refractivity contribution >= 4 is 5.82 Å². The summed E-state index contributed by atoms with van der Waals surface area (Å²) in [6.07, 6.45) is 4.27. The summed E-state index contributed by atoms with van der Waals surface area (Å²) in [6, 6.07) is 0.124. The summed E-state index contributed by atoms with van der Waals surface area (Å²) in [4.78, 5) is 8.46. The molecule has 0 radical (unpaired) electrons. The highest BCUT2D eigenvalue weighted by Gasteiger charge is 2.33. The van der Waals surface area contributed by atoms with Crippen LogP contribution < -0.4 is 10.4 Å². The van der Waals surface area contributed by atoms with Gasteiger partial charge in [-0.05, 0) is 13.3 Å². The highest BCUT2D eigenvalue weighted by atomic mass is 15.6. The van der Waals surface area contributed by atoms with Crippen LogP contribution in [0.2, 0.25) is 0 Å². The number of nitrogens with zero attached hydrogens (tertiary/aromatic N) is 6. The van der Waals surface area contributed by atoms with Gasteiger partial charge in [0.05, 0.1) is 6.20 Å². The fourth-order valence-electron chi connectivity index (χ4n) is 2.44. The number of hydrazine groups is 1. The molecule has 0 fully saturated rings. The molecule has 7 nitrogen and oxygen atoms in total. The minimum Gasteiger partial charge on any atom is -0.280 e. The number of aromatic nitrogens is 5. The number of rotatable bonds is 2. The largest absolute Gasteiger partial charge is 0.280 e. The summed E-state index contributed by atoms with van der Waals surface area (Å²) in [5.74, 6) is 2.64. The summed E-state index contributed by atoms with van der Waals surface area (Å²) in [7, 11) is 1.88. The van der Waals surface area contributed by atoms with Crippen molar-refractivity contribution in [2.24, 2.45) is 0 Å². The lowest BCUT2D eigenvalue weighted by atomic mass is 10.1. The van der Waals surface area contributed by atoms with E-state index in [2.05, 4.69) is 32.5 Å². The molecule has 0 spiro atoms. The Morgan fingerprint density at radius 2 is 2.22 bits per heavy atom. The number of anilines is 1. The smallest absolute Gasteiger partial charge is 0.171 e. The van der Waals surface area contributed by atoms with E-state index in [-0.39, 0.29) is 6.04 Å². The predicted octanol–water partition coefficient (Wildman–Crippen LogP) is 0.771. The van der Waals surface area contributed by atoms with Crippen molar-refractivity contribution in [2.45, 2.75) is 26.3 Å². The zero-order chi connectivity index (χ0) is 12.7. The van der Waals surface area contributed by atoms with Gasteiger partial charge in [0.15, 0.2) is 11.6 Å². The van der Waals surface area contributed by atoms with E-state index in [4.69, 9.17) is 0 Å². The van der Waals surface area contributed by atoms with Gasteiger partial charge in [0, 0.05) is 7.05 Å².